The number of ketones is 1. The SMILES string of the molecule is CCCCCCCCCCCCCCCC(=O)NC[C@H](NC(=O)CCCCCCCCCCCCCCC)C(=O)C(C)C. The molecule has 0 unspecified atom stereocenters. The van der Waals surface area contributed by atoms with Crippen molar-refractivity contribution in [1.29, 1.82) is 0 Å². The molecule has 43 heavy (non-hydrogen) atoms. The Kier molecular flexibility index (Phi) is 31.0. The molecule has 0 rings (SSSR count). The van der Waals surface area contributed by atoms with E-state index in [1.807, 2.05) is 13.8 Å². The Balaban J connectivity index is 3.89. The fourth-order valence-corrected chi connectivity index (χ4v) is 5.80. The lowest BCUT2D eigenvalue weighted by molar-refractivity contribution is -0.130. The van der Waals surface area contributed by atoms with Crippen LogP contribution in [-0.2, 0) is 14.4 Å². The highest BCUT2D eigenvalue weighted by Crippen LogP contribution is 2.14. The van der Waals surface area contributed by atoms with Gasteiger partial charge in [0.05, 0.1) is 0 Å². The Bertz CT molecular complexity index is 649. The third-order valence-electron chi connectivity index (χ3n) is 8.77. The molecule has 0 aromatic carbocycles. The van der Waals surface area contributed by atoms with E-state index in [0.717, 1.165) is 25.7 Å². The summed E-state index contributed by atoms with van der Waals surface area (Å²) in [7, 11) is 0. The van der Waals surface area contributed by atoms with E-state index in [9.17, 15) is 14.4 Å². The van der Waals surface area contributed by atoms with Gasteiger partial charge in [0.1, 0.15) is 6.04 Å². The van der Waals surface area contributed by atoms with Crippen LogP contribution in [0.15, 0.2) is 0 Å². The minimum atomic E-state index is -0.634. The van der Waals surface area contributed by atoms with Gasteiger partial charge >= 0.3 is 0 Å². The minimum Gasteiger partial charge on any atom is -0.354 e. The summed E-state index contributed by atoms with van der Waals surface area (Å²) in [6, 6.07) is -0.634. The molecule has 0 aromatic rings. The van der Waals surface area contributed by atoms with Crippen molar-refractivity contribution in [1.82, 2.24) is 10.6 Å². The van der Waals surface area contributed by atoms with Gasteiger partial charge in [0.25, 0.3) is 0 Å². The zero-order valence-corrected chi connectivity index (χ0v) is 29.4. The van der Waals surface area contributed by atoms with Crippen LogP contribution < -0.4 is 10.6 Å². The van der Waals surface area contributed by atoms with Crippen molar-refractivity contribution < 1.29 is 14.4 Å². The average Bonchev–Trinajstić information content (AvgIpc) is 2.99. The number of hydrogen-bond acceptors (Lipinski definition) is 3. The molecule has 0 radical (unpaired) electrons. The smallest absolute Gasteiger partial charge is 0.220 e. The summed E-state index contributed by atoms with van der Waals surface area (Å²) < 4.78 is 0. The largest absolute Gasteiger partial charge is 0.354 e. The van der Waals surface area contributed by atoms with Gasteiger partial charge in [-0.2, -0.15) is 0 Å². The van der Waals surface area contributed by atoms with Crippen LogP contribution in [0.1, 0.15) is 207 Å². The normalized spacial score (nSPS) is 12.0. The number of carbonyl (C=O) groups excluding carboxylic acids is 3. The molecule has 254 valence electrons. The second-order valence-electron chi connectivity index (χ2n) is 13.5. The van der Waals surface area contributed by atoms with Crippen molar-refractivity contribution in [3.63, 3.8) is 0 Å². The zero-order chi connectivity index (χ0) is 31.8. The van der Waals surface area contributed by atoms with Gasteiger partial charge in [-0.15, -0.1) is 0 Å². The zero-order valence-electron chi connectivity index (χ0n) is 29.4. The monoisotopic (exact) mass is 607 g/mol. The van der Waals surface area contributed by atoms with E-state index in [1.54, 1.807) is 0 Å². The van der Waals surface area contributed by atoms with Gasteiger partial charge in [-0.25, -0.2) is 0 Å². The van der Waals surface area contributed by atoms with E-state index in [1.165, 1.54) is 141 Å². The van der Waals surface area contributed by atoms with Crippen LogP contribution in [0.3, 0.4) is 0 Å². The second-order valence-corrected chi connectivity index (χ2v) is 13.5. The number of carbonyl (C=O) groups is 3. The lowest BCUT2D eigenvalue weighted by Gasteiger charge is -2.20. The van der Waals surface area contributed by atoms with Crippen LogP contribution in [0, 0.1) is 5.92 Å². The molecule has 2 N–H and O–H groups in total. The van der Waals surface area contributed by atoms with Gasteiger partial charge < -0.3 is 10.6 Å². The molecule has 0 spiro atoms. The number of rotatable bonds is 33. The van der Waals surface area contributed by atoms with Gasteiger partial charge in [0, 0.05) is 25.3 Å². The summed E-state index contributed by atoms with van der Waals surface area (Å²) in [6.07, 6.45) is 34.2. The van der Waals surface area contributed by atoms with Crippen LogP contribution in [0.4, 0.5) is 0 Å². The molecular weight excluding hydrogens is 532 g/mol. The highest BCUT2D eigenvalue weighted by molar-refractivity contribution is 5.91. The van der Waals surface area contributed by atoms with Gasteiger partial charge in [0.2, 0.25) is 11.8 Å². The van der Waals surface area contributed by atoms with E-state index >= 15 is 0 Å². The molecule has 5 heteroatoms. The topological polar surface area (TPSA) is 75.3 Å². The Hall–Kier alpha value is -1.39. The first kappa shape index (κ1) is 41.6. The lowest BCUT2D eigenvalue weighted by atomic mass is 10.0. The van der Waals surface area contributed by atoms with Crippen molar-refractivity contribution in [2.75, 3.05) is 6.54 Å². The van der Waals surface area contributed by atoms with E-state index in [4.69, 9.17) is 0 Å². The molecule has 2 amide bonds. The quantitative estimate of drug-likeness (QED) is 0.0730. The molecule has 0 saturated heterocycles. The third kappa shape index (κ3) is 29.1. The first-order valence-corrected chi connectivity index (χ1v) is 19.0. The molecule has 0 aliphatic heterocycles. The predicted molar refractivity (Wildman–Crippen MR) is 185 cm³/mol. The van der Waals surface area contributed by atoms with Crippen LogP contribution in [-0.4, -0.2) is 30.2 Å². The Morgan fingerprint density at radius 3 is 1.07 bits per heavy atom. The summed E-state index contributed by atoms with van der Waals surface area (Å²) in [5, 5.41) is 5.82. The summed E-state index contributed by atoms with van der Waals surface area (Å²) >= 11 is 0. The average molecular weight is 607 g/mol. The predicted octanol–water partition coefficient (Wildman–Crippen LogP) is 10.8. The summed E-state index contributed by atoms with van der Waals surface area (Å²) in [4.78, 5) is 37.7. The van der Waals surface area contributed by atoms with Crippen LogP contribution >= 0.6 is 0 Å². The number of unbranched alkanes of at least 4 members (excludes halogenated alkanes) is 24. The number of hydrogen-bond donors (Lipinski definition) is 2. The maximum absolute atomic E-state index is 12.7. The van der Waals surface area contributed by atoms with Crippen molar-refractivity contribution in [3.8, 4) is 0 Å². The van der Waals surface area contributed by atoms with Crippen molar-refractivity contribution >= 4 is 17.6 Å². The van der Waals surface area contributed by atoms with E-state index in [0.29, 0.717) is 12.8 Å². The highest BCUT2D eigenvalue weighted by Gasteiger charge is 2.23. The molecule has 0 aromatic heterocycles. The summed E-state index contributed by atoms with van der Waals surface area (Å²) in [5.74, 6) is -0.289. The number of Topliss-reactive ketones (excluding diaryl/α,β-unsaturated/α-hetero) is 1. The molecule has 0 heterocycles. The fraction of sp³-hybridized carbons (Fsp3) is 0.921. The van der Waals surface area contributed by atoms with Crippen LogP contribution in [0.5, 0.6) is 0 Å². The maximum atomic E-state index is 12.7. The molecule has 0 aliphatic rings. The Morgan fingerprint density at radius 1 is 0.442 bits per heavy atom. The van der Waals surface area contributed by atoms with Crippen molar-refractivity contribution in [2.24, 2.45) is 5.92 Å². The number of nitrogens with one attached hydrogen (secondary N) is 2. The first-order chi connectivity index (χ1) is 20.9. The molecular formula is C38H74N2O3. The molecule has 0 aliphatic carbocycles. The molecule has 0 saturated carbocycles. The maximum Gasteiger partial charge on any atom is 0.220 e. The highest BCUT2D eigenvalue weighted by atomic mass is 16.2. The second kappa shape index (κ2) is 32.0. The van der Waals surface area contributed by atoms with Gasteiger partial charge in [0.15, 0.2) is 5.78 Å². The van der Waals surface area contributed by atoms with E-state index in [-0.39, 0.29) is 30.1 Å². The molecule has 1 atom stereocenters. The fourth-order valence-electron chi connectivity index (χ4n) is 5.80. The summed E-state index contributed by atoms with van der Waals surface area (Å²) in [5.41, 5.74) is 0. The molecule has 0 bridgehead atoms. The van der Waals surface area contributed by atoms with Crippen molar-refractivity contribution in [2.45, 2.75) is 214 Å². The number of amides is 2. The standard InChI is InChI=1S/C38H74N2O3/c1-5-7-9-11-13-15-17-19-21-23-25-27-29-31-36(41)39-33-35(38(43)34(3)4)40-37(42)32-30-28-26-24-22-20-18-16-14-12-10-8-6-2/h34-35H,5-33H2,1-4H3,(H,39,41)(H,40,42)/t35-/m0/s1. The van der Waals surface area contributed by atoms with E-state index < -0.39 is 6.04 Å². The lowest BCUT2D eigenvalue weighted by Crippen LogP contribution is -2.49. The molecule has 0 fully saturated rings. The first-order valence-electron chi connectivity index (χ1n) is 19.0. The van der Waals surface area contributed by atoms with Crippen molar-refractivity contribution in [3.05, 3.63) is 0 Å². The summed E-state index contributed by atoms with van der Waals surface area (Å²) in [6.45, 7) is 8.42. The van der Waals surface area contributed by atoms with Gasteiger partial charge in [-0.3, -0.25) is 14.4 Å². The van der Waals surface area contributed by atoms with Gasteiger partial charge in [-0.1, -0.05) is 182 Å². The van der Waals surface area contributed by atoms with Crippen LogP contribution in [0.25, 0.3) is 0 Å². The molecule has 5 nitrogen and oxygen atoms in total. The van der Waals surface area contributed by atoms with Gasteiger partial charge in [-0.05, 0) is 12.8 Å². The Morgan fingerprint density at radius 2 is 0.744 bits per heavy atom. The van der Waals surface area contributed by atoms with E-state index in [2.05, 4.69) is 24.5 Å². The third-order valence-corrected chi connectivity index (χ3v) is 8.77. The van der Waals surface area contributed by atoms with Crippen LogP contribution in [0.2, 0.25) is 0 Å². The minimum absolute atomic E-state index is 0.0139. The Labute approximate surface area is 268 Å².